The highest BCUT2D eigenvalue weighted by Crippen LogP contribution is 2.25. The lowest BCUT2D eigenvalue weighted by Crippen LogP contribution is -2.10. The van der Waals surface area contributed by atoms with Crippen molar-refractivity contribution >= 4 is 57.3 Å². The van der Waals surface area contributed by atoms with Crippen molar-refractivity contribution in [1.82, 2.24) is 4.90 Å². The van der Waals surface area contributed by atoms with Crippen LogP contribution in [0.3, 0.4) is 0 Å². The van der Waals surface area contributed by atoms with Crippen LogP contribution in [0.4, 0.5) is 0 Å². The fraction of sp³-hybridized carbons (Fsp3) is 0.167. The largest absolute Gasteiger partial charge is 0.383 e. The zero-order chi connectivity index (χ0) is 16.8. The lowest BCUT2D eigenvalue weighted by Gasteiger charge is -2.12. The van der Waals surface area contributed by atoms with Crippen LogP contribution in [0, 0.1) is 3.57 Å². The van der Waals surface area contributed by atoms with Gasteiger partial charge < -0.3 is 4.90 Å². The van der Waals surface area contributed by atoms with Gasteiger partial charge >= 0.3 is 0 Å². The maximum absolute atomic E-state index is 12.7. The topological polar surface area (TPSA) is 20.3 Å². The number of carbonyl (C=O) groups excluding carboxylic acids is 1. The van der Waals surface area contributed by atoms with Crippen molar-refractivity contribution in [3.05, 3.63) is 68.9 Å². The number of benzene rings is 2. The molecule has 0 amide bonds. The van der Waals surface area contributed by atoms with E-state index in [4.69, 9.17) is 11.6 Å². The molecule has 2 aromatic carbocycles. The molecule has 0 saturated carbocycles. The molecular weight excluding hydrogens is 441 g/mol. The zero-order valence-corrected chi connectivity index (χ0v) is 16.7. The molecule has 0 atom stereocenters. The predicted octanol–water partition coefficient (Wildman–Crippen LogP) is 5.21. The molecule has 0 unspecified atom stereocenters. The van der Waals surface area contributed by atoms with Gasteiger partial charge in [-0.2, -0.15) is 0 Å². The highest BCUT2D eigenvalue weighted by molar-refractivity contribution is 14.1. The van der Waals surface area contributed by atoms with Gasteiger partial charge in [0.05, 0.1) is 5.75 Å². The van der Waals surface area contributed by atoms with E-state index in [-0.39, 0.29) is 5.78 Å². The summed E-state index contributed by atoms with van der Waals surface area (Å²) < 4.78 is 1.17. The summed E-state index contributed by atoms with van der Waals surface area (Å²) in [5.41, 5.74) is 1.52. The molecule has 0 heterocycles. The third-order valence-corrected chi connectivity index (χ3v) is 4.89. The zero-order valence-electron chi connectivity index (χ0n) is 12.9. The number of ketones is 1. The Kier molecular flexibility index (Phi) is 6.99. The first-order valence-corrected chi connectivity index (χ1v) is 9.45. The molecule has 0 bridgehead atoms. The number of hydrogen-bond donors (Lipinski definition) is 0. The number of halogens is 2. The first kappa shape index (κ1) is 18.4. The summed E-state index contributed by atoms with van der Waals surface area (Å²) in [6, 6.07) is 15.5. The van der Waals surface area contributed by atoms with Gasteiger partial charge in [-0.15, -0.1) is 11.8 Å². The number of rotatable bonds is 6. The SMILES string of the molecule is CN(C)C=C(C(=O)CSc1cccc(I)c1)c1cccc(Cl)c1. The molecule has 0 saturated heterocycles. The summed E-state index contributed by atoms with van der Waals surface area (Å²) in [6.45, 7) is 0. The van der Waals surface area contributed by atoms with Crippen LogP contribution >= 0.6 is 46.0 Å². The van der Waals surface area contributed by atoms with Gasteiger partial charge in [-0.25, -0.2) is 0 Å². The van der Waals surface area contributed by atoms with Crippen molar-refractivity contribution in [3.8, 4) is 0 Å². The highest BCUT2D eigenvalue weighted by Gasteiger charge is 2.13. The van der Waals surface area contributed by atoms with Gasteiger partial charge in [-0.1, -0.05) is 29.8 Å². The van der Waals surface area contributed by atoms with E-state index < -0.39 is 0 Å². The molecule has 0 aromatic heterocycles. The summed E-state index contributed by atoms with van der Waals surface area (Å²) in [7, 11) is 3.81. The van der Waals surface area contributed by atoms with Crippen molar-refractivity contribution < 1.29 is 4.79 Å². The molecule has 0 fully saturated rings. The summed E-state index contributed by atoms with van der Waals surface area (Å²) in [4.78, 5) is 15.7. The van der Waals surface area contributed by atoms with Crippen LogP contribution < -0.4 is 0 Å². The molecule has 2 rings (SSSR count). The monoisotopic (exact) mass is 457 g/mol. The lowest BCUT2D eigenvalue weighted by molar-refractivity contribution is -0.111. The standard InChI is InChI=1S/C18H17ClINOS/c1-21(2)11-17(13-5-3-6-14(19)9-13)18(22)12-23-16-8-4-7-15(20)10-16/h3-11H,12H2,1-2H3. The average molecular weight is 458 g/mol. The van der Waals surface area contributed by atoms with Gasteiger partial charge in [0.15, 0.2) is 5.78 Å². The molecule has 0 N–H and O–H groups in total. The van der Waals surface area contributed by atoms with Crippen molar-refractivity contribution in [2.45, 2.75) is 4.90 Å². The Morgan fingerprint density at radius 3 is 2.61 bits per heavy atom. The highest BCUT2D eigenvalue weighted by atomic mass is 127. The Hall–Kier alpha value is -0.980. The number of Topliss-reactive ketones (excluding diaryl/α,β-unsaturated/α-hetero) is 1. The van der Waals surface area contributed by atoms with Crippen molar-refractivity contribution in [2.75, 3.05) is 19.8 Å². The van der Waals surface area contributed by atoms with Gasteiger partial charge in [-0.05, 0) is 58.5 Å². The Morgan fingerprint density at radius 1 is 1.22 bits per heavy atom. The number of thioether (sulfide) groups is 1. The molecule has 23 heavy (non-hydrogen) atoms. The number of carbonyl (C=O) groups is 1. The fourth-order valence-corrected chi connectivity index (χ4v) is 3.79. The summed E-state index contributed by atoms with van der Waals surface area (Å²) in [6.07, 6.45) is 1.85. The predicted molar refractivity (Wildman–Crippen MR) is 108 cm³/mol. The van der Waals surface area contributed by atoms with E-state index in [0.717, 1.165) is 10.5 Å². The van der Waals surface area contributed by atoms with Crippen LogP contribution in [0.25, 0.3) is 5.57 Å². The molecule has 2 nitrogen and oxygen atoms in total. The molecule has 0 spiro atoms. The van der Waals surface area contributed by atoms with Crippen LogP contribution in [0.5, 0.6) is 0 Å². The molecule has 0 radical (unpaired) electrons. The third-order valence-electron chi connectivity index (χ3n) is 2.99. The summed E-state index contributed by atoms with van der Waals surface area (Å²) >= 11 is 9.89. The summed E-state index contributed by atoms with van der Waals surface area (Å²) in [5, 5.41) is 0.630. The number of nitrogens with zero attached hydrogens (tertiary/aromatic N) is 1. The lowest BCUT2D eigenvalue weighted by atomic mass is 10.0. The van der Waals surface area contributed by atoms with Crippen LogP contribution in [-0.2, 0) is 4.79 Å². The van der Waals surface area contributed by atoms with E-state index in [9.17, 15) is 4.79 Å². The van der Waals surface area contributed by atoms with Crippen molar-refractivity contribution in [1.29, 1.82) is 0 Å². The van der Waals surface area contributed by atoms with E-state index in [1.54, 1.807) is 11.8 Å². The van der Waals surface area contributed by atoms with Gasteiger partial charge in [0.25, 0.3) is 0 Å². The second kappa shape index (κ2) is 8.76. The van der Waals surface area contributed by atoms with E-state index in [1.807, 2.05) is 67.7 Å². The van der Waals surface area contributed by atoms with E-state index in [1.165, 1.54) is 3.57 Å². The third kappa shape index (κ3) is 5.86. The molecule has 0 aliphatic rings. The van der Waals surface area contributed by atoms with E-state index >= 15 is 0 Å². The molecular formula is C18H17ClINOS. The maximum Gasteiger partial charge on any atom is 0.175 e. The van der Waals surface area contributed by atoms with Crippen molar-refractivity contribution in [3.63, 3.8) is 0 Å². The summed E-state index contributed by atoms with van der Waals surface area (Å²) in [5.74, 6) is 0.483. The number of allylic oxidation sites excluding steroid dienone is 1. The molecule has 5 heteroatoms. The smallest absolute Gasteiger partial charge is 0.175 e. The van der Waals surface area contributed by atoms with Gasteiger partial charge in [0.1, 0.15) is 0 Å². The minimum Gasteiger partial charge on any atom is -0.383 e. The molecule has 0 aliphatic heterocycles. The number of hydrogen-bond acceptors (Lipinski definition) is 3. The van der Waals surface area contributed by atoms with Crippen LogP contribution in [0.15, 0.2) is 59.6 Å². The quantitative estimate of drug-likeness (QED) is 0.337. The maximum atomic E-state index is 12.7. The second-order valence-corrected chi connectivity index (χ2v) is 7.92. The Morgan fingerprint density at radius 2 is 1.96 bits per heavy atom. The average Bonchev–Trinajstić information content (AvgIpc) is 2.50. The first-order valence-electron chi connectivity index (χ1n) is 7.01. The van der Waals surface area contributed by atoms with E-state index in [2.05, 4.69) is 28.7 Å². The van der Waals surface area contributed by atoms with Crippen LogP contribution in [-0.4, -0.2) is 30.5 Å². The van der Waals surface area contributed by atoms with Crippen molar-refractivity contribution in [2.24, 2.45) is 0 Å². The minimum absolute atomic E-state index is 0.0878. The van der Waals surface area contributed by atoms with Gasteiger partial charge in [0, 0.05) is 39.4 Å². The van der Waals surface area contributed by atoms with Gasteiger partial charge in [0.2, 0.25) is 0 Å². The Bertz CT molecular complexity index is 730. The fourth-order valence-electron chi connectivity index (χ4n) is 2.01. The minimum atomic E-state index is 0.0878. The first-order chi connectivity index (χ1) is 11.0. The molecule has 0 aliphatic carbocycles. The molecule has 120 valence electrons. The van der Waals surface area contributed by atoms with E-state index in [0.29, 0.717) is 16.3 Å². The van der Waals surface area contributed by atoms with Crippen LogP contribution in [0.1, 0.15) is 5.56 Å². The van der Waals surface area contributed by atoms with Crippen LogP contribution in [0.2, 0.25) is 5.02 Å². The Labute approximate surface area is 160 Å². The Balaban J connectivity index is 2.18. The normalized spacial score (nSPS) is 11.4. The van der Waals surface area contributed by atoms with Gasteiger partial charge in [-0.3, -0.25) is 4.79 Å². The second-order valence-electron chi connectivity index (χ2n) is 5.19. The molecule has 2 aromatic rings.